The predicted octanol–water partition coefficient (Wildman–Crippen LogP) is 3.31. The van der Waals surface area contributed by atoms with Crippen LogP contribution in [0.15, 0.2) is 54.6 Å². The summed E-state index contributed by atoms with van der Waals surface area (Å²) < 4.78 is 0. The van der Waals surface area contributed by atoms with Gasteiger partial charge in [-0.05, 0) is 49.3 Å². The Labute approximate surface area is 152 Å². The van der Waals surface area contributed by atoms with Crippen LogP contribution in [-0.2, 0) is 5.72 Å². The summed E-state index contributed by atoms with van der Waals surface area (Å²) in [7, 11) is 0. The Kier molecular flexibility index (Phi) is 5.06. The van der Waals surface area contributed by atoms with E-state index in [1.807, 2.05) is 47.4 Å². The monoisotopic (exact) mass is 361 g/mol. The van der Waals surface area contributed by atoms with Crippen LogP contribution in [0.2, 0.25) is 5.02 Å². The van der Waals surface area contributed by atoms with E-state index in [0.717, 1.165) is 25.1 Å². The zero-order chi connectivity index (χ0) is 17.2. The minimum Gasteiger partial charge on any atom is -0.370 e. The van der Waals surface area contributed by atoms with E-state index in [1.165, 1.54) is 0 Å². The fraction of sp³-hybridized carbons (Fsp3) is 0.278. The van der Waals surface area contributed by atoms with Crippen LogP contribution in [0, 0.1) is 0 Å². The molecule has 6 heteroatoms. The Bertz CT molecular complexity index is 706. The molecule has 3 rings (SSSR count). The van der Waals surface area contributed by atoms with Crippen molar-refractivity contribution in [3.8, 4) is 0 Å². The molecule has 1 aliphatic rings. The Morgan fingerprint density at radius 2 is 1.88 bits per heavy atom. The van der Waals surface area contributed by atoms with E-state index >= 15 is 0 Å². The molecule has 0 saturated carbocycles. The van der Waals surface area contributed by atoms with Gasteiger partial charge >= 0.3 is 0 Å². The third kappa shape index (κ3) is 3.54. The van der Waals surface area contributed by atoms with Gasteiger partial charge in [-0.15, -0.1) is 0 Å². The number of aliphatic hydroxyl groups is 1. The molecule has 0 aliphatic carbocycles. The molecule has 126 valence electrons. The fourth-order valence-electron chi connectivity index (χ4n) is 3.09. The molecule has 0 radical (unpaired) electrons. The van der Waals surface area contributed by atoms with Crippen molar-refractivity contribution in [1.82, 2.24) is 4.90 Å². The van der Waals surface area contributed by atoms with Crippen LogP contribution in [0.5, 0.6) is 0 Å². The van der Waals surface area contributed by atoms with Gasteiger partial charge in [0.25, 0.3) is 0 Å². The molecule has 4 nitrogen and oxygen atoms in total. The van der Waals surface area contributed by atoms with Crippen LogP contribution in [0.1, 0.15) is 18.4 Å². The number of benzene rings is 2. The summed E-state index contributed by atoms with van der Waals surface area (Å²) in [5.41, 5.74) is 6.39. The SMILES string of the molecule is N[C@@](O)(c1ccccc1)C1CCCN1C(=S)Nc1ccc(Cl)cc1. The van der Waals surface area contributed by atoms with Crippen LogP contribution in [0.3, 0.4) is 0 Å². The normalized spacial score (nSPS) is 19.8. The van der Waals surface area contributed by atoms with Crippen LogP contribution >= 0.6 is 23.8 Å². The summed E-state index contributed by atoms with van der Waals surface area (Å²) in [5, 5.41) is 15.4. The number of hydrogen-bond acceptors (Lipinski definition) is 3. The molecule has 2 atom stereocenters. The van der Waals surface area contributed by atoms with Crippen molar-refractivity contribution in [3.63, 3.8) is 0 Å². The van der Waals surface area contributed by atoms with Crippen molar-refractivity contribution in [2.75, 3.05) is 11.9 Å². The Hall–Kier alpha value is -1.66. The lowest BCUT2D eigenvalue weighted by atomic mass is 9.94. The van der Waals surface area contributed by atoms with E-state index in [0.29, 0.717) is 15.7 Å². The topological polar surface area (TPSA) is 61.5 Å². The molecule has 0 spiro atoms. The minimum atomic E-state index is -1.45. The molecule has 0 amide bonds. The first-order chi connectivity index (χ1) is 11.5. The summed E-state index contributed by atoms with van der Waals surface area (Å²) in [6.07, 6.45) is 1.71. The highest BCUT2D eigenvalue weighted by Crippen LogP contribution is 2.31. The average Bonchev–Trinajstić information content (AvgIpc) is 3.08. The van der Waals surface area contributed by atoms with Crippen LogP contribution in [0.25, 0.3) is 0 Å². The molecular formula is C18H20ClN3OS. The Morgan fingerprint density at radius 3 is 2.54 bits per heavy atom. The van der Waals surface area contributed by atoms with Gasteiger partial charge in [0.05, 0.1) is 6.04 Å². The highest BCUT2D eigenvalue weighted by Gasteiger charge is 2.42. The summed E-state index contributed by atoms with van der Waals surface area (Å²) in [5.74, 6) is 0. The van der Waals surface area contributed by atoms with Gasteiger partial charge in [-0.2, -0.15) is 0 Å². The maximum absolute atomic E-state index is 10.9. The van der Waals surface area contributed by atoms with E-state index in [2.05, 4.69) is 5.32 Å². The number of likely N-dealkylation sites (tertiary alicyclic amines) is 1. The van der Waals surface area contributed by atoms with Crippen molar-refractivity contribution >= 4 is 34.6 Å². The first-order valence-electron chi connectivity index (χ1n) is 7.88. The van der Waals surface area contributed by atoms with E-state index in [9.17, 15) is 5.11 Å². The van der Waals surface area contributed by atoms with Crippen molar-refractivity contribution in [1.29, 1.82) is 0 Å². The molecule has 0 bridgehead atoms. The van der Waals surface area contributed by atoms with E-state index in [1.54, 1.807) is 12.1 Å². The first-order valence-corrected chi connectivity index (χ1v) is 8.67. The summed E-state index contributed by atoms with van der Waals surface area (Å²) in [6.45, 7) is 0.760. The zero-order valence-corrected chi connectivity index (χ0v) is 14.7. The highest BCUT2D eigenvalue weighted by molar-refractivity contribution is 7.80. The van der Waals surface area contributed by atoms with Crippen LogP contribution < -0.4 is 11.1 Å². The predicted molar refractivity (Wildman–Crippen MR) is 102 cm³/mol. The van der Waals surface area contributed by atoms with Gasteiger partial charge in [0.1, 0.15) is 0 Å². The number of anilines is 1. The molecule has 1 aliphatic heterocycles. The molecule has 1 saturated heterocycles. The van der Waals surface area contributed by atoms with Gasteiger partial charge in [0, 0.05) is 22.8 Å². The van der Waals surface area contributed by atoms with Gasteiger partial charge in [0.2, 0.25) is 0 Å². The molecule has 1 heterocycles. The smallest absolute Gasteiger partial charge is 0.173 e. The lowest BCUT2D eigenvalue weighted by Crippen LogP contribution is -2.55. The maximum Gasteiger partial charge on any atom is 0.173 e. The largest absolute Gasteiger partial charge is 0.370 e. The molecule has 1 unspecified atom stereocenters. The van der Waals surface area contributed by atoms with E-state index in [4.69, 9.17) is 29.6 Å². The zero-order valence-electron chi connectivity index (χ0n) is 13.2. The van der Waals surface area contributed by atoms with Gasteiger partial charge in [-0.25, -0.2) is 0 Å². The standard InChI is InChI=1S/C18H20ClN3OS/c19-14-8-10-15(11-9-14)21-17(24)22-12-4-7-16(22)18(20,23)13-5-2-1-3-6-13/h1-3,5-6,8-11,16,23H,4,7,12,20H2,(H,21,24)/t16?,18-/m1/s1. The van der Waals surface area contributed by atoms with Crippen molar-refractivity contribution in [2.45, 2.75) is 24.6 Å². The quantitative estimate of drug-likeness (QED) is 0.578. The van der Waals surface area contributed by atoms with Gasteiger partial charge in [-0.3, -0.25) is 5.73 Å². The van der Waals surface area contributed by atoms with Gasteiger partial charge in [-0.1, -0.05) is 41.9 Å². The van der Waals surface area contributed by atoms with Crippen molar-refractivity contribution < 1.29 is 5.11 Å². The number of hydrogen-bond donors (Lipinski definition) is 3. The number of halogens is 1. The van der Waals surface area contributed by atoms with Gasteiger partial charge in [0.15, 0.2) is 10.8 Å². The third-order valence-electron chi connectivity index (χ3n) is 4.35. The maximum atomic E-state index is 10.9. The molecule has 0 aromatic heterocycles. The minimum absolute atomic E-state index is 0.271. The summed E-state index contributed by atoms with van der Waals surface area (Å²) in [4.78, 5) is 1.97. The Morgan fingerprint density at radius 1 is 1.21 bits per heavy atom. The average molecular weight is 362 g/mol. The summed E-state index contributed by atoms with van der Waals surface area (Å²) in [6, 6.07) is 16.4. The number of nitrogens with two attached hydrogens (primary N) is 1. The summed E-state index contributed by atoms with van der Waals surface area (Å²) >= 11 is 11.4. The van der Waals surface area contributed by atoms with Crippen LogP contribution in [-0.4, -0.2) is 27.7 Å². The highest BCUT2D eigenvalue weighted by atomic mass is 35.5. The molecule has 2 aromatic rings. The molecule has 4 N–H and O–H groups in total. The van der Waals surface area contributed by atoms with Gasteiger partial charge < -0.3 is 15.3 Å². The van der Waals surface area contributed by atoms with Crippen LogP contribution in [0.4, 0.5) is 5.69 Å². The second-order valence-corrected chi connectivity index (χ2v) is 6.80. The lowest BCUT2D eigenvalue weighted by Gasteiger charge is -2.37. The van der Waals surface area contributed by atoms with E-state index in [-0.39, 0.29) is 6.04 Å². The molecule has 1 fully saturated rings. The number of rotatable bonds is 3. The molecular weight excluding hydrogens is 342 g/mol. The Balaban J connectivity index is 1.77. The fourth-order valence-corrected chi connectivity index (χ4v) is 3.56. The van der Waals surface area contributed by atoms with Crippen molar-refractivity contribution in [2.24, 2.45) is 5.73 Å². The molecule has 2 aromatic carbocycles. The molecule has 24 heavy (non-hydrogen) atoms. The lowest BCUT2D eigenvalue weighted by molar-refractivity contribution is -0.0154. The number of nitrogens with one attached hydrogen (secondary N) is 1. The first kappa shape index (κ1) is 17.2. The van der Waals surface area contributed by atoms with Crippen molar-refractivity contribution in [3.05, 3.63) is 65.2 Å². The third-order valence-corrected chi connectivity index (χ3v) is 4.94. The second kappa shape index (κ2) is 7.07. The number of thiocarbonyl (C=S) groups is 1. The number of nitrogens with zero attached hydrogens (tertiary/aromatic N) is 1. The van der Waals surface area contributed by atoms with E-state index < -0.39 is 5.72 Å². The second-order valence-electron chi connectivity index (χ2n) is 5.98.